The molecule has 0 aliphatic heterocycles. The fraction of sp³-hybridized carbons (Fsp3) is 0.455. The quantitative estimate of drug-likeness (QED) is 0.841. The Labute approximate surface area is 104 Å². The summed E-state index contributed by atoms with van der Waals surface area (Å²) in [6.07, 6.45) is 3.22. The van der Waals surface area contributed by atoms with Crippen molar-refractivity contribution >= 4 is 0 Å². The van der Waals surface area contributed by atoms with Crippen molar-refractivity contribution in [3.63, 3.8) is 0 Å². The molecule has 2 heterocycles. The van der Waals surface area contributed by atoms with E-state index in [1.807, 2.05) is 13.8 Å². The molecule has 0 aromatic carbocycles. The maximum atomic E-state index is 5.90. The van der Waals surface area contributed by atoms with E-state index in [1.165, 1.54) is 0 Å². The molecule has 2 N–H and O–H groups in total. The standard InChI is InChI=1S/C11H15N5O2/c1-7(2)17-6-9(12)10-15-11(18-16-10)8-3-4-13-14-5-8/h3-5,7,9H,6,12H2,1-2H3. The first kappa shape index (κ1) is 12.6. The number of aromatic nitrogens is 4. The van der Waals surface area contributed by atoms with Gasteiger partial charge in [0.1, 0.15) is 0 Å². The lowest BCUT2D eigenvalue weighted by Gasteiger charge is -2.10. The average molecular weight is 249 g/mol. The van der Waals surface area contributed by atoms with Gasteiger partial charge in [-0.05, 0) is 19.9 Å². The van der Waals surface area contributed by atoms with Crippen molar-refractivity contribution in [1.82, 2.24) is 20.3 Å². The molecular formula is C11H15N5O2. The first-order valence-corrected chi connectivity index (χ1v) is 5.64. The maximum absolute atomic E-state index is 5.90. The summed E-state index contributed by atoms with van der Waals surface area (Å²) in [6, 6.07) is 1.33. The first-order chi connectivity index (χ1) is 8.66. The Morgan fingerprint density at radius 3 is 2.89 bits per heavy atom. The minimum Gasteiger partial charge on any atom is -0.377 e. The van der Waals surface area contributed by atoms with Gasteiger partial charge in [0.25, 0.3) is 5.89 Å². The lowest BCUT2D eigenvalue weighted by molar-refractivity contribution is 0.0665. The maximum Gasteiger partial charge on any atom is 0.259 e. The molecule has 18 heavy (non-hydrogen) atoms. The third kappa shape index (κ3) is 3.08. The van der Waals surface area contributed by atoms with E-state index < -0.39 is 6.04 Å². The summed E-state index contributed by atoms with van der Waals surface area (Å²) in [5, 5.41) is 11.2. The lowest BCUT2D eigenvalue weighted by atomic mass is 10.3. The van der Waals surface area contributed by atoms with Gasteiger partial charge < -0.3 is 15.0 Å². The highest BCUT2D eigenvalue weighted by atomic mass is 16.5. The van der Waals surface area contributed by atoms with Crippen molar-refractivity contribution in [2.45, 2.75) is 26.0 Å². The molecule has 1 atom stereocenters. The summed E-state index contributed by atoms with van der Waals surface area (Å²) in [4.78, 5) is 4.21. The van der Waals surface area contributed by atoms with E-state index in [9.17, 15) is 0 Å². The first-order valence-electron chi connectivity index (χ1n) is 5.64. The van der Waals surface area contributed by atoms with Gasteiger partial charge in [0, 0.05) is 0 Å². The summed E-state index contributed by atoms with van der Waals surface area (Å²) in [7, 11) is 0. The molecule has 0 spiro atoms. The Hall–Kier alpha value is -1.86. The summed E-state index contributed by atoms with van der Waals surface area (Å²) in [5.74, 6) is 0.794. The van der Waals surface area contributed by atoms with Crippen LogP contribution in [0.5, 0.6) is 0 Å². The number of ether oxygens (including phenoxy) is 1. The minimum atomic E-state index is -0.403. The Morgan fingerprint density at radius 1 is 1.39 bits per heavy atom. The zero-order chi connectivity index (χ0) is 13.0. The highest BCUT2D eigenvalue weighted by molar-refractivity contribution is 5.49. The topological polar surface area (TPSA) is 100.0 Å². The van der Waals surface area contributed by atoms with Crippen LogP contribution >= 0.6 is 0 Å². The molecule has 0 radical (unpaired) electrons. The number of rotatable bonds is 5. The van der Waals surface area contributed by atoms with Crippen molar-refractivity contribution in [3.05, 3.63) is 24.3 Å². The van der Waals surface area contributed by atoms with Gasteiger partial charge in [-0.15, -0.1) is 0 Å². The predicted octanol–water partition coefficient (Wildman–Crippen LogP) is 0.951. The SMILES string of the molecule is CC(C)OCC(N)c1noc(-c2ccnnc2)n1. The zero-order valence-electron chi connectivity index (χ0n) is 10.3. The molecule has 0 saturated heterocycles. The Kier molecular flexibility index (Phi) is 3.96. The molecule has 2 rings (SSSR count). The van der Waals surface area contributed by atoms with E-state index in [0.29, 0.717) is 23.9 Å². The van der Waals surface area contributed by atoms with Crippen LogP contribution in [0.15, 0.2) is 23.0 Å². The molecule has 7 heteroatoms. The minimum absolute atomic E-state index is 0.117. The van der Waals surface area contributed by atoms with Crippen LogP contribution in [0.3, 0.4) is 0 Å². The summed E-state index contributed by atoms with van der Waals surface area (Å²) in [5.41, 5.74) is 6.61. The van der Waals surface area contributed by atoms with Crippen LogP contribution < -0.4 is 5.73 Å². The van der Waals surface area contributed by atoms with Crippen LogP contribution in [0, 0.1) is 0 Å². The Balaban J connectivity index is 2.06. The van der Waals surface area contributed by atoms with E-state index in [4.69, 9.17) is 15.0 Å². The highest BCUT2D eigenvalue weighted by Gasteiger charge is 2.16. The van der Waals surface area contributed by atoms with Gasteiger partial charge in [-0.3, -0.25) is 0 Å². The van der Waals surface area contributed by atoms with Gasteiger partial charge in [0.05, 0.1) is 36.7 Å². The van der Waals surface area contributed by atoms with Crippen LogP contribution in [-0.4, -0.2) is 33.0 Å². The molecule has 0 aliphatic carbocycles. The second-order valence-electron chi connectivity index (χ2n) is 4.08. The summed E-state index contributed by atoms with van der Waals surface area (Å²) < 4.78 is 10.5. The van der Waals surface area contributed by atoms with E-state index in [2.05, 4.69) is 20.3 Å². The van der Waals surface area contributed by atoms with Gasteiger partial charge in [0.2, 0.25) is 0 Å². The van der Waals surface area contributed by atoms with Gasteiger partial charge in [-0.2, -0.15) is 15.2 Å². The van der Waals surface area contributed by atoms with Gasteiger partial charge >= 0.3 is 0 Å². The third-order valence-electron chi connectivity index (χ3n) is 2.21. The summed E-state index contributed by atoms with van der Waals surface area (Å²) in [6.45, 7) is 4.24. The molecule has 0 aliphatic rings. The molecular weight excluding hydrogens is 234 g/mol. The zero-order valence-corrected chi connectivity index (χ0v) is 10.3. The monoisotopic (exact) mass is 249 g/mol. The number of hydrogen-bond donors (Lipinski definition) is 1. The van der Waals surface area contributed by atoms with E-state index in [-0.39, 0.29) is 6.10 Å². The summed E-state index contributed by atoms with van der Waals surface area (Å²) >= 11 is 0. The molecule has 2 aromatic rings. The number of nitrogens with two attached hydrogens (primary N) is 1. The van der Waals surface area contributed by atoms with Crippen LogP contribution in [-0.2, 0) is 4.74 Å². The number of nitrogens with zero attached hydrogens (tertiary/aromatic N) is 4. The molecule has 2 aromatic heterocycles. The molecule has 0 saturated carbocycles. The second-order valence-corrected chi connectivity index (χ2v) is 4.08. The van der Waals surface area contributed by atoms with Gasteiger partial charge in [0.15, 0.2) is 5.82 Å². The Bertz CT molecular complexity index is 485. The third-order valence-corrected chi connectivity index (χ3v) is 2.21. The molecule has 1 unspecified atom stereocenters. The molecule has 0 amide bonds. The predicted molar refractivity (Wildman–Crippen MR) is 63.3 cm³/mol. The van der Waals surface area contributed by atoms with Gasteiger partial charge in [-0.25, -0.2) is 0 Å². The average Bonchev–Trinajstić information content (AvgIpc) is 2.86. The normalized spacial score (nSPS) is 12.9. The number of hydrogen-bond acceptors (Lipinski definition) is 7. The molecule has 96 valence electrons. The Morgan fingerprint density at radius 2 is 2.22 bits per heavy atom. The van der Waals surface area contributed by atoms with Crippen molar-refractivity contribution in [1.29, 1.82) is 0 Å². The van der Waals surface area contributed by atoms with E-state index in [0.717, 1.165) is 0 Å². The van der Waals surface area contributed by atoms with Crippen molar-refractivity contribution in [3.8, 4) is 11.5 Å². The molecule has 0 fully saturated rings. The fourth-order valence-electron chi connectivity index (χ4n) is 1.29. The van der Waals surface area contributed by atoms with Gasteiger partial charge in [-0.1, -0.05) is 5.16 Å². The van der Waals surface area contributed by atoms with E-state index in [1.54, 1.807) is 18.5 Å². The van der Waals surface area contributed by atoms with Crippen molar-refractivity contribution in [2.75, 3.05) is 6.61 Å². The largest absolute Gasteiger partial charge is 0.377 e. The van der Waals surface area contributed by atoms with Crippen molar-refractivity contribution in [2.24, 2.45) is 5.73 Å². The lowest BCUT2D eigenvalue weighted by Crippen LogP contribution is -2.20. The van der Waals surface area contributed by atoms with Crippen LogP contribution in [0.1, 0.15) is 25.7 Å². The smallest absolute Gasteiger partial charge is 0.259 e. The fourth-order valence-corrected chi connectivity index (χ4v) is 1.29. The van der Waals surface area contributed by atoms with E-state index >= 15 is 0 Å². The molecule has 0 bridgehead atoms. The second kappa shape index (κ2) is 5.65. The van der Waals surface area contributed by atoms with Crippen molar-refractivity contribution < 1.29 is 9.26 Å². The van der Waals surface area contributed by atoms with Crippen LogP contribution in [0.25, 0.3) is 11.5 Å². The highest BCUT2D eigenvalue weighted by Crippen LogP contribution is 2.17. The van der Waals surface area contributed by atoms with Crippen LogP contribution in [0.2, 0.25) is 0 Å². The molecule has 7 nitrogen and oxygen atoms in total. The van der Waals surface area contributed by atoms with Crippen LogP contribution in [0.4, 0.5) is 0 Å².